The van der Waals surface area contributed by atoms with Gasteiger partial charge in [-0.2, -0.15) is 10.1 Å². The number of rotatable bonds is 6. The van der Waals surface area contributed by atoms with Crippen LogP contribution in [0.3, 0.4) is 0 Å². The van der Waals surface area contributed by atoms with E-state index < -0.39 is 0 Å². The predicted octanol–water partition coefficient (Wildman–Crippen LogP) is 2.72. The van der Waals surface area contributed by atoms with E-state index in [2.05, 4.69) is 25.5 Å². The summed E-state index contributed by atoms with van der Waals surface area (Å²) in [6.07, 6.45) is 6.41. The Labute approximate surface area is 184 Å². The van der Waals surface area contributed by atoms with Crippen LogP contribution in [0.2, 0.25) is 0 Å². The van der Waals surface area contributed by atoms with Gasteiger partial charge in [0, 0.05) is 11.6 Å². The number of methoxy groups -OCH3 is 1. The minimum Gasteiger partial charge on any atom is -0.480 e. The molecule has 2 aliphatic rings. The molecule has 0 spiro atoms. The number of nitrogens with one attached hydrogen (secondary N) is 2. The Hall–Kier alpha value is -3.82. The highest BCUT2D eigenvalue weighted by Crippen LogP contribution is 2.35. The van der Waals surface area contributed by atoms with Crippen LogP contribution in [0.1, 0.15) is 36.2 Å². The maximum absolute atomic E-state index is 12.7. The maximum Gasteiger partial charge on any atom is 0.269 e. The first-order chi connectivity index (χ1) is 15.7. The molecule has 1 amide bonds. The number of aromatic nitrogens is 4. The van der Waals surface area contributed by atoms with E-state index in [1.54, 1.807) is 19.4 Å². The fourth-order valence-electron chi connectivity index (χ4n) is 3.89. The normalized spacial score (nSPS) is 19.4. The van der Waals surface area contributed by atoms with E-state index in [1.165, 1.54) is 6.20 Å². The molecule has 1 saturated carbocycles. The number of amides is 1. The number of hydrogen-bond acceptors (Lipinski definition) is 8. The second kappa shape index (κ2) is 8.74. The molecule has 3 heterocycles. The van der Waals surface area contributed by atoms with Gasteiger partial charge in [-0.3, -0.25) is 14.9 Å². The highest BCUT2D eigenvalue weighted by Gasteiger charge is 2.25. The van der Waals surface area contributed by atoms with Gasteiger partial charge < -0.3 is 24.3 Å². The molecule has 0 radical (unpaired) electrons. The molecule has 166 valence electrons. The lowest BCUT2D eigenvalue weighted by atomic mass is 9.93. The SMILES string of the molecule is COc1cncc(OC2CCC(NC(=O)c3cc(-c4ccc5c(c4)OCO5)n[nH]3)CC2)n1. The van der Waals surface area contributed by atoms with Gasteiger partial charge in [-0.15, -0.1) is 0 Å². The van der Waals surface area contributed by atoms with Gasteiger partial charge in [0.2, 0.25) is 18.6 Å². The zero-order valence-electron chi connectivity index (χ0n) is 17.5. The third-order valence-corrected chi connectivity index (χ3v) is 5.59. The van der Waals surface area contributed by atoms with Crippen molar-refractivity contribution in [2.45, 2.75) is 37.8 Å². The van der Waals surface area contributed by atoms with E-state index in [-0.39, 0.29) is 24.8 Å². The topological polar surface area (TPSA) is 120 Å². The van der Waals surface area contributed by atoms with Crippen LogP contribution in [0.25, 0.3) is 11.3 Å². The fourth-order valence-corrected chi connectivity index (χ4v) is 3.89. The van der Waals surface area contributed by atoms with Crippen molar-refractivity contribution in [2.75, 3.05) is 13.9 Å². The Bertz CT molecular complexity index is 1110. The number of nitrogens with zero attached hydrogens (tertiary/aromatic N) is 3. The third-order valence-electron chi connectivity index (χ3n) is 5.59. The van der Waals surface area contributed by atoms with Crippen LogP contribution in [-0.4, -0.2) is 52.1 Å². The Morgan fingerprint density at radius 1 is 1.09 bits per heavy atom. The minimum absolute atomic E-state index is 0.0364. The van der Waals surface area contributed by atoms with Crippen molar-refractivity contribution in [3.05, 3.63) is 42.4 Å². The molecule has 1 fully saturated rings. The van der Waals surface area contributed by atoms with Crippen molar-refractivity contribution in [1.82, 2.24) is 25.5 Å². The molecule has 1 aromatic carbocycles. The summed E-state index contributed by atoms with van der Waals surface area (Å²) in [5.74, 6) is 2.08. The summed E-state index contributed by atoms with van der Waals surface area (Å²) in [7, 11) is 1.54. The van der Waals surface area contributed by atoms with Crippen LogP contribution in [0.15, 0.2) is 36.7 Å². The van der Waals surface area contributed by atoms with Crippen LogP contribution in [0, 0.1) is 0 Å². The first-order valence-corrected chi connectivity index (χ1v) is 10.5. The molecule has 32 heavy (non-hydrogen) atoms. The highest BCUT2D eigenvalue weighted by atomic mass is 16.7. The lowest BCUT2D eigenvalue weighted by Gasteiger charge is -2.29. The summed E-state index contributed by atoms with van der Waals surface area (Å²) in [6, 6.07) is 7.40. The largest absolute Gasteiger partial charge is 0.480 e. The van der Waals surface area contributed by atoms with Crippen molar-refractivity contribution in [3.63, 3.8) is 0 Å². The van der Waals surface area contributed by atoms with Crippen molar-refractivity contribution in [2.24, 2.45) is 0 Å². The molecule has 2 N–H and O–H groups in total. The van der Waals surface area contributed by atoms with Crippen molar-refractivity contribution >= 4 is 5.91 Å². The third kappa shape index (κ3) is 4.29. The number of fused-ring (bicyclic) bond motifs is 1. The molecule has 1 aliphatic carbocycles. The molecule has 5 rings (SSSR count). The number of ether oxygens (including phenoxy) is 4. The van der Waals surface area contributed by atoms with Crippen LogP contribution in [-0.2, 0) is 0 Å². The number of carbonyl (C=O) groups excluding carboxylic acids is 1. The van der Waals surface area contributed by atoms with E-state index in [1.807, 2.05) is 18.2 Å². The van der Waals surface area contributed by atoms with E-state index in [0.29, 0.717) is 34.6 Å². The van der Waals surface area contributed by atoms with Gasteiger partial charge in [-0.1, -0.05) is 0 Å². The zero-order chi connectivity index (χ0) is 21.9. The van der Waals surface area contributed by atoms with E-state index >= 15 is 0 Å². The Kier molecular flexibility index (Phi) is 5.49. The smallest absolute Gasteiger partial charge is 0.269 e. The van der Waals surface area contributed by atoms with Gasteiger partial charge in [0.1, 0.15) is 11.8 Å². The van der Waals surface area contributed by atoms with Crippen LogP contribution in [0.4, 0.5) is 0 Å². The predicted molar refractivity (Wildman–Crippen MR) is 113 cm³/mol. The van der Waals surface area contributed by atoms with E-state index in [0.717, 1.165) is 31.2 Å². The number of H-pyrrole nitrogens is 1. The molecular weight excluding hydrogens is 414 g/mol. The van der Waals surface area contributed by atoms with Crippen LogP contribution < -0.4 is 24.3 Å². The molecule has 1 aliphatic heterocycles. The standard InChI is InChI=1S/C22H23N5O5/c1-29-20-10-23-11-21(25-20)32-15-5-3-14(4-6-15)24-22(28)17-9-16(26-27-17)13-2-7-18-19(8-13)31-12-30-18/h2,7-11,14-15H,3-6,12H2,1H3,(H,24,28)(H,26,27). The molecule has 10 heteroatoms. The lowest BCUT2D eigenvalue weighted by Crippen LogP contribution is -2.39. The highest BCUT2D eigenvalue weighted by molar-refractivity contribution is 5.93. The van der Waals surface area contributed by atoms with Gasteiger partial charge in [0.25, 0.3) is 5.91 Å². The van der Waals surface area contributed by atoms with Crippen molar-refractivity contribution in [3.8, 4) is 34.5 Å². The summed E-state index contributed by atoms with van der Waals surface area (Å²) < 4.78 is 21.7. The summed E-state index contributed by atoms with van der Waals surface area (Å²) in [5.41, 5.74) is 1.94. The second-order valence-corrected chi connectivity index (χ2v) is 7.70. The summed E-state index contributed by atoms with van der Waals surface area (Å²) >= 11 is 0. The minimum atomic E-state index is -0.174. The lowest BCUT2D eigenvalue weighted by molar-refractivity contribution is 0.0884. The van der Waals surface area contributed by atoms with Gasteiger partial charge in [-0.05, 0) is 49.9 Å². The Morgan fingerprint density at radius 2 is 1.91 bits per heavy atom. The zero-order valence-corrected chi connectivity index (χ0v) is 17.5. The molecule has 3 aromatic rings. The first-order valence-electron chi connectivity index (χ1n) is 10.5. The quantitative estimate of drug-likeness (QED) is 0.604. The molecule has 0 saturated heterocycles. The number of benzene rings is 1. The van der Waals surface area contributed by atoms with Gasteiger partial charge >= 0.3 is 0 Å². The number of carbonyl (C=O) groups is 1. The molecule has 10 nitrogen and oxygen atoms in total. The number of aromatic amines is 1. The van der Waals surface area contributed by atoms with E-state index in [9.17, 15) is 4.79 Å². The summed E-state index contributed by atoms with van der Waals surface area (Å²) in [4.78, 5) is 21.0. The Balaban J connectivity index is 1.14. The second-order valence-electron chi connectivity index (χ2n) is 7.70. The molecule has 0 atom stereocenters. The first kappa shape index (κ1) is 20.1. The van der Waals surface area contributed by atoms with Gasteiger partial charge in [0.05, 0.1) is 25.2 Å². The molecule has 0 bridgehead atoms. The summed E-state index contributed by atoms with van der Waals surface area (Å²) in [6.45, 7) is 0.216. The monoisotopic (exact) mass is 437 g/mol. The molecule has 0 unspecified atom stereocenters. The maximum atomic E-state index is 12.7. The van der Waals surface area contributed by atoms with Crippen molar-refractivity contribution in [1.29, 1.82) is 0 Å². The fraction of sp³-hybridized carbons (Fsp3) is 0.364. The Morgan fingerprint density at radius 3 is 2.75 bits per heavy atom. The summed E-state index contributed by atoms with van der Waals surface area (Å²) in [5, 5.41) is 10.2. The molecule has 2 aromatic heterocycles. The van der Waals surface area contributed by atoms with Crippen molar-refractivity contribution < 1.29 is 23.7 Å². The van der Waals surface area contributed by atoms with Gasteiger partial charge in [0.15, 0.2) is 11.5 Å². The van der Waals surface area contributed by atoms with Crippen LogP contribution in [0.5, 0.6) is 23.3 Å². The average Bonchev–Trinajstić information content (AvgIpc) is 3.50. The van der Waals surface area contributed by atoms with E-state index in [4.69, 9.17) is 18.9 Å². The van der Waals surface area contributed by atoms with Crippen LogP contribution >= 0.6 is 0 Å². The molecular formula is C22H23N5O5. The number of hydrogen-bond donors (Lipinski definition) is 2. The average molecular weight is 437 g/mol. The van der Waals surface area contributed by atoms with Gasteiger partial charge in [-0.25, -0.2) is 0 Å².